The molecule has 5 nitrogen and oxygen atoms in total. The molecule has 0 bridgehead atoms. The lowest BCUT2D eigenvalue weighted by Gasteiger charge is -2.06. The second-order valence-corrected chi connectivity index (χ2v) is 7.15. The number of hydrogen-bond donors (Lipinski definition) is 0. The van der Waals surface area contributed by atoms with Crippen molar-refractivity contribution in [3.63, 3.8) is 0 Å². The van der Waals surface area contributed by atoms with E-state index in [1.165, 1.54) is 23.1 Å². The molecule has 3 aromatic rings. The maximum absolute atomic E-state index is 12.1. The van der Waals surface area contributed by atoms with E-state index in [0.717, 1.165) is 11.4 Å². The van der Waals surface area contributed by atoms with Crippen LogP contribution in [0.15, 0.2) is 47.9 Å². The lowest BCUT2D eigenvalue weighted by molar-refractivity contribution is 0.102. The Kier molecular flexibility index (Phi) is 5.00. The number of thioether (sulfide) groups is 1. The lowest BCUT2D eigenvalue weighted by Crippen LogP contribution is -2.02. The van der Waals surface area contributed by atoms with Gasteiger partial charge in [-0.3, -0.25) is 9.36 Å². The van der Waals surface area contributed by atoms with Crippen molar-refractivity contribution in [2.45, 2.75) is 5.16 Å². The molecule has 0 saturated heterocycles. The Balaban J connectivity index is 1.72. The van der Waals surface area contributed by atoms with E-state index < -0.39 is 0 Å². The molecule has 0 unspecified atom stereocenters. The molecule has 0 aliphatic rings. The molecule has 0 amide bonds. The van der Waals surface area contributed by atoms with Gasteiger partial charge in [0.1, 0.15) is 12.1 Å². The molecule has 2 aromatic heterocycles. The number of carbonyl (C=O) groups excluding carboxylic acids is 1. The van der Waals surface area contributed by atoms with E-state index in [0.29, 0.717) is 14.4 Å². The average Bonchev–Trinajstić information content (AvgIpc) is 3.21. The van der Waals surface area contributed by atoms with Crippen LogP contribution in [-0.2, 0) is 0 Å². The largest absolute Gasteiger partial charge is 0.497 e. The van der Waals surface area contributed by atoms with E-state index in [4.69, 9.17) is 16.3 Å². The van der Waals surface area contributed by atoms with Crippen LogP contribution in [0.1, 0.15) is 9.67 Å². The summed E-state index contributed by atoms with van der Waals surface area (Å²) in [6, 6.07) is 11.0. The number of benzene rings is 1. The van der Waals surface area contributed by atoms with Crippen molar-refractivity contribution < 1.29 is 9.53 Å². The van der Waals surface area contributed by atoms with Crippen LogP contribution >= 0.6 is 34.7 Å². The van der Waals surface area contributed by atoms with Crippen LogP contribution in [-0.4, -0.2) is 33.4 Å². The summed E-state index contributed by atoms with van der Waals surface area (Å²) in [6.07, 6.45) is 1.62. The predicted octanol–water partition coefficient (Wildman–Crippen LogP) is 3.97. The Bertz CT molecular complexity index is 814. The van der Waals surface area contributed by atoms with Crippen LogP contribution in [0, 0.1) is 0 Å². The highest BCUT2D eigenvalue weighted by molar-refractivity contribution is 7.99. The Morgan fingerprint density at radius 2 is 2.09 bits per heavy atom. The number of hydrogen-bond acceptors (Lipinski definition) is 6. The topological polar surface area (TPSA) is 57.0 Å². The molecule has 0 saturated carbocycles. The molecule has 8 heteroatoms. The van der Waals surface area contributed by atoms with Gasteiger partial charge in [0, 0.05) is 5.69 Å². The minimum atomic E-state index is 0.0242. The number of halogens is 1. The Hall–Kier alpha value is -1.83. The molecule has 0 aliphatic heterocycles. The van der Waals surface area contributed by atoms with Crippen molar-refractivity contribution in [1.82, 2.24) is 14.8 Å². The van der Waals surface area contributed by atoms with Gasteiger partial charge in [-0.25, -0.2) is 0 Å². The van der Waals surface area contributed by atoms with Crippen molar-refractivity contribution in [2.75, 3.05) is 12.9 Å². The van der Waals surface area contributed by atoms with Gasteiger partial charge in [-0.15, -0.1) is 21.5 Å². The normalized spacial score (nSPS) is 10.7. The maximum Gasteiger partial charge on any atom is 0.196 e. The maximum atomic E-state index is 12.1. The molecule has 0 aliphatic carbocycles. The van der Waals surface area contributed by atoms with E-state index in [9.17, 15) is 4.79 Å². The molecule has 0 fully saturated rings. The number of ether oxygens (including phenoxy) is 1. The number of rotatable bonds is 6. The van der Waals surface area contributed by atoms with E-state index >= 15 is 0 Å². The van der Waals surface area contributed by atoms with E-state index in [-0.39, 0.29) is 11.5 Å². The summed E-state index contributed by atoms with van der Waals surface area (Å²) in [6.45, 7) is 0. The zero-order chi connectivity index (χ0) is 16.2. The molecule has 3 rings (SSSR count). The first-order chi connectivity index (χ1) is 11.2. The van der Waals surface area contributed by atoms with E-state index in [1.807, 2.05) is 28.8 Å². The van der Waals surface area contributed by atoms with Crippen LogP contribution in [0.5, 0.6) is 5.75 Å². The summed E-state index contributed by atoms with van der Waals surface area (Å²) < 4.78 is 7.59. The summed E-state index contributed by atoms with van der Waals surface area (Å²) in [7, 11) is 1.62. The molecular weight excluding hydrogens is 354 g/mol. The minimum Gasteiger partial charge on any atom is -0.497 e. The smallest absolute Gasteiger partial charge is 0.196 e. The number of carbonyl (C=O) groups is 1. The van der Waals surface area contributed by atoms with Crippen LogP contribution in [0.2, 0.25) is 4.34 Å². The van der Waals surface area contributed by atoms with Gasteiger partial charge in [-0.2, -0.15) is 0 Å². The second kappa shape index (κ2) is 7.16. The fraction of sp³-hybridized carbons (Fsp3) is 0.133. The summed E-state index contributed by atoms with van der Waals surface area (Å²) in [4.78, 5) is 12.8. The second-order valence-electron chi connectivity index (χ2n) is 4.50. The summed E-state index contributed by atoms with van der Waals surface area (Å²) in [5, 5.41) is 8.66. The number of methoxy groups -OCH3 is 1. The number of aromatic nitrogens is 3. The molecule has 0 atom stereocenters. The minimum absolute atomic E-state index is 0.0242. The van der Waals surface area contributed by atoms with E-state index in [2.05, 4.69) is 10.2 Å². The lowest BCUT2D eigenvalue weighted by atomic mass is 10.3. The monoisotopic (exact) mass is 365 g/mol. The first kappa shape index (κ1) is 16.0. The van der Waals surface area contributed by atoms with Gasteiger partial charge in [-0.05, 0) is 36.4 Å². The average molecular weight is 366 g/mol. The van der Waals surface area contributed by atoms with Gasteiger partial charge in [-0.1, -0.05) is 23.4 Å². The van der Waals surface area contributed by atoms with E-state index in [1.54, 1.807) is 25.6 Å². The predicted molar refractivity (Wildman–Crippen MR) is 92.3 cm³/mol. The van der Waals surface area contributed by atoms with Crippen LogP contribution in [0.25, 0.3) is 5.69 Å². The Morgan fingerprint density at radius 1 is 1.30 bits per heavy atom. The Labute approximate surface area is 146 Å². The number of nitrogens with zero attached hydrogens (tertiary/aromatic N) is 3. The first-order valence-electron chi connectivity index (χ1n) is 6.63. The van der Waals surface area contributed by atoms with Crippen molar-refractivity contribution >= 4 is 40.5 Å². The zero-order valence-corrected chi connectivity index (χ0v) is 14.5. The number of Topliss-reactive ketones (excluding diaryl/α,β-unsaturated/α-hetero) is 1. The molecular formula is C15H12ClN3O2S2. The number of thiophene rings is 1. The summed E-state index contributed by atoms with van der Waals surface area (Å²) >= 11 is 8.48. The molecule has 0 radical (unpaired) electrons. The van der Waals surface area contributed by atoms with Gasteiger partial charge in [0.15, 0.2) is 10.9 Å². The molecule has 23 heavy (non-hydrogen) atoms. The third kappa shape index (κ3) is 3.74. The molecule has 0 spiro atoms. The summed E-state index contributed by atoms with van der Waals surface area (Å²) in [5.41, 5.74) is 0.907. The SMILES string of the molecule is COc1ccc(-n2cnnc2SCC(=O)c2ccc(Cl)s2)cc1. The fourth-order valence-electron chi connectivity index (χ4n) is 1.91. The summed E-state index contributed by atoms with van der Waals surface area (Å²) in [5.74, 6) is 1.09. The molecule has 118 valence electrons. The van der Waals surface area contributed by atoms with Crippen LogP contribution in [0.4, 0.5) is 0 Å². The standard InChI is InChI=1S/C15H12ClN3O2S2/c1-21-11-4-2-10(3-5-11)19-9-17-18-15(19)22-8-12(20)13-6-7-14(16)23-13/h2-7,9H,8H2,1H3. The van der Waals surface area contributed by atoms with Crippen molar-refractivity contribution in [3.05, 3.63) is 51.9 Å². The zero-order valence-electron chi connectivity index (χ0n) is 12.1. The highest BCUT2D eigenvalue weighted by atomic mass is 35.5. The highest BCUT2D eigenvalue weighted by Gasteiger charge is 2.13. The first-order valence-corrected chi connectivity index (χ1v) is 8.81. The van der Waals surface area contributed by atoms with Crippen molar-refractivity contribution in [3.8, 4) is 11.4 Å². The van der Waals surface area contributed by atoms with Gasteiger partial charge >= 0.3 is 0 Å². The molecule has 2 heterocycles. The molecule has 0 N–H and O–H groups in total. The quantitative estimate of drug-likeness (QED) is 0.488. The highest BCUT2D eigenvalue weighted by Crippen LogP contribution is 2.25. The third-order valence-electron chi connectivity index (χ3n) is 3.05. The molecule has 1 aromatic carbocycles. The number of ketones is 1. The van der Waals surface area contributed by atoms with Gasteiger partial charge in [0.2, 0.25) is 0 Å². The van der Waals surface area contributed by atoms with Crippen LogP contribution < -0.4 is 4.74 Å². The Morgan fingerprint density at radius 3 is 2.74 bits per heavy atom. The van der Waals surface area contributed by atoms with Crippen molar-refractivity contribution in [1.29, 1.82) is 0 Å². The third-order valence-corrected chi connectivity index (χ3v) is 5.26. The van der Waals surface area contributed by atoms with Gasteiger partial charge < -0.3 is 4.74 Å². The van der Waals surface area contributed by atoms with Crippen molar-refractivity contribution in [2.24, 2.45) is 0 Å². The fourth-order valence-corrected chi connectivity index (χ4v) is 3.79. The van der Waals surface area contributed by atoms with Gasteiger partial charge in [0.25, 0.3) is 0 Å². The van der Waals surface area contributed by atoms with Gasteiger partial charge in [0.05, 0.1) is 22.1 Å². The van der Waals surface area contributed by atoms with Crippen LogP contribution in [0.3, 0.4) is 0 Å².